The first-order valence-electron chi connectivity index (χ1n) is 7.28. The Balaban J connectivity index is 1.99. The monoisotopic (exact) mass is 298 g/mol. The van der Waals surface area contributed by atoms with Gasteiger partial charge in [-0.1, -0.05) is 17.7 Å². The largest absolute Gasteiger partial charge is 0.497 e. The van der Waals surface area contributed by atoms with Crippen molar-refractivity contribution in [2.75, 3.05) is 17.7 Å². The standard InChI is InChI=1S/C18H22N2O2/c1-12-5-10-17(13(2)11-12)20-18(21)14(3)19-15-6-8-16(22-4)9-7-15/h5-11,14,19H,1-4H3,(H,20,21)/t14-/m1/s1. The summed E-state index contributed by atoms with van der Waals surface area (Å²) >= 11 is 0. The van der Waals surface area contributed by atoms with Crippen molar-refractivity contribution in [3.63, 3.8) is 0 Å². The molecule has 0 aliphatic rings. The number of amides is 1. The summed E-state index contributed by atoms with van der Waals surface area (Å²) in [6, 6.07) is 13.1. The molecule has 0 saturated heterocycles. The molecule has 2 aromatic carbocycles. The molecule has 0 bridgehead atoms. The maximum Gasteiger partial charge on any atom is 0.246 e. The molecule has 0 spiro atoms. The van der Waals surface area contributed by atoms with Crippen LogP contribution in [-0.2, 0) is 4.79 Å². The lowest BCUT2D eigenvalue weighted by molar-refractivity contribution is -0.116. The third-order valence-electron chi connectivity index (χ3n) is 3.51. The van der Waals surface area contributed by atoms with E-state index in [2.05, 4.69) is 16.7 Å². The molecule has 0 unspecified atom stereocenters. The lowest BCUT2D eigenvalue weighted by atomic mass is 10.1. The molecule has 2 rings (SSSR count). The van der Waals surface area contributed by atoms with Crippen LogP contribution in [0.3, 0.4) is 0 Å². The average molecular weight is 298 g/mol. The number of carbonyl (C=O) groups excluding carboxylic acids is 1. The van der Waals surface area contributed by atoms with Crippen LogP contribution in [0.2, 0.25) is 0 Å². The normalized spacial score (nSPS) is 11.6. The van der Waals surface area contributed by atoms with Crippen LogP contribution in [0.5, 0.6) is 5.75 Å². The van der Waals surface area contributed by atoms with Gasteiger partial charge in [-0.3, -0.25) is 4.79 Å². The summed E-state index contributed by atoms with van der Waals surface area (Å²) in [6.07, 6.45) is 0. The molecular weight excluding hydrogens is 276 g/mol. The van der Waals surface area contributed by atoms with E-state index in [1.54, 1.807) is 7.11 Å². The van der Waals surface area contributed by atoms with Gasteiger partial charge in [-0.05, 0) is 56.7 Å². The molecule has 0 aliphatic heterocycles. The predicted octanol–water partition coefficient (Wildman–Crippen LogP) is 3.75. The molecule has 1 atom stereocenters. The van der Waals surface area contributed by atoms with Gasteiger partial charge in [-0.2, -0.15) is 0 Å². The average Bonchev–Trinajstić information content (AvgIpc) is 2.50. The molecule has 22 heavy (non-hydrogen) atoms. The molecule has 2 N–H and O–H groups in total. The van der Waals surface area contributed by atoms with E-state index in [9.17, 15) is 4.79 Å². The number of carbonyl (C=O) groups is 1. The summed E-state index contributed by atoms with van der Waals surface area (Å²) in [5.74, 6) is 0.723. The second-order valence-corrected chi connectivity index (χ2v) is 5.40. The van der Waals surface area contributed by atoms with E-state index in [4.69, 9.17) is 4.74 Å². The Morgan fingerprint density at radius 2 is 1.77 bits per heavy atom. The Labute approximate surface area is 131 Å². The van der Waals surface area contributed by atoms with Crippen molar-refractivity contribution in [1.82, 2.24) is 0 Å². The Morgan fingerprint density at radius 1 is 1.09 bits per heavy atom. The molecule has 0 aromatic heterocycles. The molecule has 4 nitrogen and oxygen atoms in total. The molecule has 4 heteroatoms. The summed E-state index contributed by atoms with van der Waals surface area (Å²) in [4.78, 5) is 12.3. The molecule has 0 radical (unpaired) electrons. The SMILES string of the molecule is COc1ccc(N[C@H](C)C(=O)Nc2ccc(C)cc2C)cc1. The summed E-state index contributed by atoms with van der Waals surface area (Å²) in [5.41, 5.74) is 3.97. The van der Waals surface area contributed by atoms with Crippen LogP contribution in [0.15, 0.2) is 42.5 Å². The fourth-order valence-electron chi connectivity index (χ4n) is 2.20. The highest BCUT2D eigenvalue weighted by atomic mass is 16.5. The molecule has 1 amide bonds. The van der Waals surface area contributed by atoms with Gasteiger partial charge in [0, 0.05) is 11.4 Å². The highest BCUT2D eigenvalue weighted by Gasteiger charge is 2.13. The van der Waals surface area contributed by atoms with Crippen molar-refractivity contribution in [1.29, 1.82) is 0 Å². The Hall–Kier alpha value is -2.49. The zero-order valence-corrected chi connectivity index (χ0v) is 13.4. The first-order chi connectivity index (χ1) is 10.5. The predicted molar refractivity (Wildman–Crippen MR) is 90.6 cm³/mol. The fourth-order valence-corrected chi connectivity index (χ4v) is 2.20. The van der Waals surface area contributed by atoms with Crippen molar-refractivity contribution in [2.45, 2.75) is 26.8 Å². The van der Waals surface area contributed by atoms with Crippen molar-refractivity contribution < 1.29 is 9.53 Å². The first-order valence-corrected chi connectivity index (χ1v) is 7.28. The molecule has 0 heterocycles. The van der Waals surface area contributed by atoms with E-state index < -0.39 is 0 Å². The van der Waals surface area contributed by atoms with Crippen LogP contribution in [0.1, 0.15) is 18.1 Å². The minimum Gasteiger partial charge on any atom is -0.497 e. The van der Waals surface area contributed by atoms with Gasteiger partial charge >= 0.3 is 0 Å². The number of aryl methyl sites for hydroxylation is 2. The van der Waals surface area contributed by atoms with Crippen LogP contribution < -0.4 is 15.4 Å². The number of rotatable bonds is 5. The number of methoxy groups -OCH3 is 1. The minimum atomic E-state index is -0.339. The molecule has 116 valence electrons. The number of benzene rings is 2. The quantitative estimate of drug-likeness (QED) is 0.884. The molecular formula is C18H22N2O2. The van der Waals surface area contributed by atoms with Gasteiger partial charge in [-0.25, -0.2) is 0 Å². The summed E-state index contributed by atoms with van der Waals surface area (Å²) < 4.78 is 5.12. The summed E-state index contributed by atoms with van der Waals surface area (Å²) in [6.45, 7) is 5.86. The Morgan fingerprint density at radius 3 is 2.36 bits per heavy atom. The van der Waals surface area contributed by atoms with E-state index in [0.717, 1.165) is 22.7 Å². The van der Waals surface area contributed by atoms with Crippen LogP contribution in [0, 0.1) is 13.8 Å². The molecule has 2 aromatic rings. The van der Waals surface area contributed by atoms with Gasteiger partial charge in [0.15, 0.2) is 0 Å². The zero-order chi connectivity index (χ0) is 16.1. The van der Waals surface area contributed by atoms with Crippen molar-refractivity contribution in [3.8, 4) is 5.75 Å². The van der Waals surface area contributed by atoms with Crippen molar-refractivity contribution in [2.24, 2.45) is 0 Å². The first kappa shape index (κ1) is 15.9. The maximum absolute atomic E-state index is 12.3. The van der Waals surface area contributed by atoms with Gasteiger partial charge < -0.3 is 15.4 Å². The molecule has 0 aliphatic carbocycles. The summed E-state index contributed by atoms with van der Waals surface area (Å²) in [5, 5.41) is 6.13. The van der Waals surface area contributed by atoms with E-state index in [-0.39, 0.29) is 11.9 Å². The second kappa shape index (κ2) is 6.98. The van der Waals surface area contributed by atoms with Gasteiger partial charge in [0.05, 0.1) is 7.11 Å². The van der Waals surface area contributed by atoms with Gasteiger partial charge in [0.2, 0.25) is 5.91 Å². The second-order valence-electron chi connectivity index (χ2n) is 5.40. The van der Waals surface area contributed by atoms with E-state index in [1.165, 1.54) is 5.56 Å². The Bertz CT molecular complexity index is 651. The molecule has 0 fully saturated rings. The van der Waals surface area contributed by atoms with E-state index >= 15 is 0 Å². The highest BCUT2D eigenvalue weighted by molar-refractivity contribution is 5.96. The third kappa shape index (κ3) is 4.01. The van der Waals surface area contributed by atoms with Crippen LogP contribution in [0.4, 0.5) is 11.4 Å². The summed E-state index contributed by atoms with van der Waals surface area (Å²) in [7, 11) is 1.63. The third-order valence-corrected chi connectivity index (χ3v) is 3.51. The lowest BCUT2D eigenvalue weighted by Gasteiger charge is -2.16. The fraction of sp³-hybridized carbons (Fsp3) is 0.278. The Kier molecular flexibility index (Phi) is 5.04. The van der Waals surface area contributed by atoms with Crippen LogP contribution >= 0.6 is 0 Å². The van der Waals surface area contributed by atoms with Crippen LogP contribution in [0.25, 0.3) is 0 Å². The zero-order valence-electron chi connectivity index (χ0n) is 13.4. The van der Waals surface area contributed by atoms with E-state index in [0.29, 0.717) is 0 Å². The van der Waals surface area contributed by atoms with Crippen molar-refractivity contribution >= 4 is 17.3 Å². The van der Waals surface area contributed by atoms with Crippen molar-refractivity contribution in [3.05, 3.63) is 53.6 Å². The van der Waals surface area contributed by atoms with Gasteiger partial charge in [-0.15, -0.1) is 0 Å². The van der Waals surface area contributed by atoms with Gasteiger partial charge in [0.25, 0.3) is 0 Å². The number of anilines is 2. The number of hydrogen-bond donors (Lipinski definition) is 2. The molecule has 0 saturated carbocycles. The smallest absolute Gasteiger partial charge is 0.246 e. The van der Waals surface area contributed by atoms with E-state index in [1.807, 2.05) is 57.2 Å². The number of hydrogen-bond acceptors (Lipinski definition) is 3. The highest BCUT2D eigenvalue weighted by Crippen LogP contribution is 2.18. The topological polar surface area (TPSA) is 50.4 Å². The number of ether oxygens (including phenoxy) is 1. The van der Waals surface area contributed by atoms with Gasteiger partial charge in [0.1, 0.15) is 11.8 Å². The van der Waals surface area contributed by atoms with Crippen LogP contribution in [-0.4, -0.2) is 19.1 Å². The number of nitrogens with one attached hydrogen (secondary N) is 2. The minimum absolute atomic E-state index is 0.0669. The maximum atomic E-state index is 12.3. The lowest BCUT2D eigenvalue weighted by Crippen LogP contribution is -2.32.